The van der Waals surface area contributed by atoms with Crippen molar-refractivity contribution in [2.24, 2.45) is 0 Å². The van der Waals surface area contributed by atoms with Gasteiger partial charge < -0.3 is 10.1 Å². The van der Waals surface area contributed by atoms with Crippen LogP contribution in [0.3, 0.4) is 0 Å². The number of nitrogens with zero attached hydrogens (tertiary/aromatic N) is 1. The average molecular weight is 268 g/mol. The molecule has 1 fully saturated rings. The fourth-order valence-electron chi connectivity index (χ4n) is 2.57. The lowest BCUT2D eigenvalue weighted by atomic mass is 10.0. The number of nitrogens with one attached hydrogen (secondary N) is 1. The molecule has 102 valence electrons. The van der Waals surface area contributed by atoms with Crippen molar-refractivity contribution in [2.45, 2.75) is 57.6 Å². The largest absolute Gasteiger partial charge is 0.378 e. The zero-order valence-corrected chi connectivity index (χ0v) is 12.3. The summed E-state index contributed by atoms with van der Waals surface area (Å²) in [4.78, 5) is 4.54. The van der Waals surface area contributed by atoms with Gasteiger partial charge in [-0.2, -0.15) is 0 Å². The van der Waals surface area contributed by atoms with Gasteiger partial charge in [0.25, 0.3) is 0 Å². The smallest absolute Gasteiger partial charge is 0.0897 e. The van der Waals surface area contributed by atoms with E-state index in [1.807, 2.05) is 0 Å². The highest BCUT2D eigenvalue weighted by atomic mass is 32.1. The van der Waals surface area contributed by atoms with Gasteiger partial charge in [0, 0.05) is 24.4 Å². The molecule has 0 bridgehead atoms. The maximum atomic E-state index is 5.66. The van der Waals surface area contributed by atoms with Crippen LogP contribution in [0.4, 0.5) is 0 Å². The average Bonchev–Trinajstić information content (AvgIpc) is 3.00. The van der Waals surface area contributed by atoms with Gasteiger partial charge in [0.15, 0.2) is 0 Å². The zero-order chi connectivity index (χ0) is 12.8. The minimum Gasteiger partial charge on any atom is -0.378 e. The van der Waals surface area contributed by atoms with E-state index in [4.69, 9.17) is 4.74 Å². The summed E-state index contributed by atoms with van der Waals surface area (Å²) in [5.41, 5.74) is 1.23. The van der Waals surface area contributed by atoms with Crippen molar-refractivity contribution in [2.75, 3.05) is 13.7 Å². The molecule has 1 aromatic heterocycles. The standard InChI is InChI=1S/C14H24N2OS/c1-11-16-13(10-18-11)9-12(15-2)5-3-6-14-7-4-8-17-14/h10,12,14-15H,3-9H2,1-2H3. The first-order chi connectivity index (χ1) is 8.78. The highest BCUT2D eigenvalue weighted by Gasteiger charge is 2.16. The van der Waals surface area contributed by atoms with Crippen LogP contribution in [0.2, 0.25) is 0 Å². The van der Waals surface area contributed by atoms with E-state index in [0.29, 0.717) is 12.1 Å². The molecule has 2 rings (SSSR count). The van der Waals surface area contributed by atoms with Gasteiger partial charge >= 0.3 is 0 Å². The molecule has 18 heavy (non-hydrogen) atoms. The molecule has 1 saturated heterocycles. The number of thiazole rings is 1. The second-order valence-corrected chi connectivity index (χ2v) is 6.18. The molecule has 1 N–H and O–H groups in total. The van der Waals surface area contributed by atoms with Crippen LogP contribution in [-0.2, 0) is 11.2 Å². The van der Waals surface area contributed by atoms with Gasteiger partial charge in [-0.3, -0.25) is 0 Å². The predicted octanol–water partition coefficient (Wildman–Crippen LogP) is 2.93. The topological polar surface area (TPSA) is 34.1 Å². The number of aromatic nitrogens is 1. The molecule has 2 heterocycles. The molecule has 0 radical (unpaired) electrons. The van der Waals surface area contributed by atoms with Gasteiger partial charge in [-0.15, -0.1) is 11.3 Å². The first kappa shape index (κ1) is 14.0. The van der Waals surface area contributed by atoms with Crippen molar-refractivity contribution in [3.05, 3.63) is 16.1 Å². The van der Waals surface area contributed by atoms with E-state index in [0.717, 1.165) is 13.0 Å². The van der Waals surface area contributed by atoms with Crippen molar-refractivity contribution >= 4 is 11.3 Å². The minimum atomic E-state index is 0.532. The first-order valence-electron chi connectivity index (χ1n) is 6.98. The highest BCUT2D eigenvalue weighted by molar-refractivity contribution is 7.09. The summed E-state index contributed by atoms with van der Waals surface area (Å²) in [5, 5.41) is 6.76. The van der Waals surface area contributed by atoms with Gasteiger partial charge in [0.2, 0.25) is 0 Å². The van der Waals surface area contributed by atoms with Crippen LogP contribution >= 0.6 is 11.3 Å². The molecule has 0 aliphatic carbocycles. The fraction of sp³-hybridized carbons (Fsp3) is 0.786. The van der Waals surface area contributed by atoms with Crippen LogP contribution in [0.25, 0.3) is 0 Å². The van der Waals surface area contributed by atoms with Crippen LogP contribution in [0, 0.1) is 6.92 Å². The summed E-state index contributed by atoms with van der Waals surface area (Å²) in [7, 11) is 2.05. The molecule has 2 unspecified atom stereocenters. The molecular weight excluding hydrogens is 244 g/mol. The van der Waals surface area contributed by atoms with Gasteiger partial charge in [-0.1, -0.05) is 0 Å². The maximum Gasteiger partial charge on any atom is 0.0897 e. The third kappa shape index (κ3) is 4.34. The highest BCUT2D eigenvalue weighted by Crippen LogP contribution is 2.19. The van der Waals surface area contributed by atoms with Crippen molar-refractivity contribution in [1.29, 1.82) is 0 Å². The lowest BCUT2D eigenvalue weighted by Gasteiger charge is -2.16. The molecule has 4 heteroatoms. The van der Waals surface area contributed by atoms with Crippen molar-refractivity contribution in [3.8, 4) is 0 Å². The Kier molecular flexibility index (Phi) is 5.60. The Morgan fingerprint density at radius 1 is 1.61 bits per heavy atom. The molecule has 2 atom stereocenters. The second kappa shape index (κ2) is 7.22. The van der Waals surface area contributed by atoms with E-state index in [9.17, 15) is 0 Å². The molecular formula is C14H24N2OS. The van der Waals surface area contributed by atoms with E-state index in [1.165, 1.54) is 42.8 Å². The van der Waals surface area contributed by atoms with Gasteiger partial charge in [-0.05, 0) is 46.1 Å². The summed E-state index contributed by atoms with van der Waals surface area (Å²) < 4.78 is 5.66. The Bertz CT molecular complexity index is 347. The summed E-state index contributed by atoms with van der Waals surface area (Å²) >= 11 is 1.74. The van der Waals surface area contributed by atoms with Crippen molar-refractivity contribution in [3.63, 3.8) is 0 Å². The molecule has 1 aliphatic rings. The number of likely N-dealkylation sites (N-methyl/N-ethyl adjacent to an activating group) is 1. The molecule has 1 aromatic rings. The number of ether oxygens (including phenoxy) is 1. The summed E-state index contributed by atoms with van der Waals surface area (Å²) in [6.45, 7) is 3.04. The van der Waals surface area contributed by atoms with E-state index in [-0.39, 0.29) is 0 Å². The van der Waals surface area contributed by atoms with E-state index in [1.54, 1.807) is 11.3 Å². The lowest BCUT2D eigenvalue weighted by Crippen LogP contribution is -2.28. The third-order valence-corrected chi connectivity index (χ3v) is 4.46. The summed E-state index contributed by atoms with van der Waals surface area (Å²) in [6, 6.07) is 0.549. The summed E-state index contributed by atoms with van der Waals surface area (Å²) in [6.07, 6.45) is 7.77. The fourth-order valence-corrected chi connectivity index (χ4v) is 3.19. The second-order valence-electron chi connectivity index (χ2n) is 5.11. The monoisotopic (exact) mass is 268 g/mol. The summed E-state index contributed by atoms with van der Waals surface area (Å²) in [5.74, 6) is 0. The molecule has 0 amide bonds. The lowest BCUT2D eigenvalue weighted by molar-refractivity contribution is 0.101. The van der Waals surface area contributed by atoms with Gasteiger partial charge in [-0.25, -0.2) is 4.98 Å². The quantitative estimate of drug-likeness (QED) is 0.825. The molecule has 3 nitrogen and oxygen atoms in total. The van der Waals surface area contributed by atoms with Crippen LogP contribution in [0.15, 0.2) is 5.38 Å². The Balaban J connectivity index is 1.68. The van der Waals surface area contributed by atoms with Crippen molar-refractivity contribution in [1.82, 2.24) is 10.3 Å². The Morgan fingerprint density at radius 2 is 2.50 bits per heavy atom. The van der Waals surface area contributed by atoms with E-state index < -0.39 is 0 Å². The SMILES string of the molecule is CNC(CCCC1CCCO1)Cc1csc(C)n1. The molecule has 0 saturated carbocycles. The Labute approximate surface area is 114 Å². The number of rotatable bonds is 7. The van der Waals surface area contributed by atoms with Crippen LogP contribution in [0.5, 0.6) is 0 Å². The normalized spacial score (nSPS) is 21.3. The third-order valence-electron chi connectivity index (χ3n) is 3.63. The van der Waals surface area contributed by atoms with E-state index >= 15 is 0 Å². The Hall–Kier alpha value is -0.450. The van der Waals surface area contributed by atoms with Crippen LogP contribution in [-0.4, -0.2) is 30.8 Å². The first-order valence-corrected chi connectivity index (χ1v) is 7.85. The van der Waals surface area contributed by atoms with Crippen LogP contribution < -0.4 is 5.32 Å². The molecule has 1 aliphatic heterocycles. The number of hydrogen-bond donors (Lipinski definition) is 1. The molecule has 0 spiro atoms. The van der Waals surface area contributed by atoms with Crippen LogP contribution in [0.1, 0.15) is 42.8 Å². The minimum absolute atomic E-state index is 0.532. The number of aryl methyl sites for hydroxylation is 1. The Morgan fingerprint density at radius 3 is 3.11 bits per heavy atom. The maximum absolute atomic E-state index is 5.66. The zero-order valence-electron chi connectivity index (χ0n) is 11.4. The predicted molar refractivity (Wildman–Crippen MR) is 76.2 cm³/mol. The number of hydrogen-bond acceptors (Lipinski definition) is 4. The van der Waals surface area contributed by atoms with E-state index in [2.05, 4.69) is 29.7 Å². The molecule has 0 aromatic carbocycles. The van der Waals surface area contributed by atoms with Gasteiger partial charge in [0.1, 0.15) is 0 Å². The van der Waals surface area contributed by atoms with Crippen molar-refractivity contribution < 1.29 is 4.74 Å². The van der Waals surface area contributed by atoms with Gasteiger partial charge in [0.05, 0.1) is 16.8 Å².